The Hall–Kier alpha value is 0.400. The van der Waals surface area contributed by atoms with E-state index in [0.29, 0.717) is 6.73 Å². The van der Waals surface area contributed by atoms with Crippen molar-refractivity contribution in [3.63, 3.8) is 0 Å². The lowest BCUT2D eigenvalue weighted by molar-refractivity contribution is -0.927. The Labute approximate surface area is 157 Å². The summed E-state index contributed by atoms with van der Waals surface area (Å²) in [6, 6.07) is 0. The van der Waals surface area contributed by atoms with Gasteiger partial charge in [0.25, 0.3) is 0 Å². The maximum Gasteiger partial charge on any atom is 0.180 e. The van der Waals surface area contributed by atoms with Crippen molar-refractivity contribution in [1.82, 2.24) is 0 Å². The zero-order valence-corrected chi connectivity index (χ0v) is 17.9. The topological polar surface area (TPSA) is 20.2 Å². The van der Waals surface area contributed by atoms with Crippen molar-refractivity contribution in [3.05, 3.63) is 0 Å². The van der Waals surface area contributed by atoms with Crippen LogP contribution in [0.4, 0.5) is 0 Å². The number of rotatable bonds is 17. The van der Waals surface area contributed by atoms with Gasteiger partial charge in [-0.15, -0.1) is 0 Å². The normalized spacial score (nSPS) is 11.5. The Bertz CT molecular complexity index is 206. The molecule has 0 aromatic carbocycles. The largest absolute Gasteiger partial charge is 1.00 e. The molecule has 0 rings (SSSR count). The van der Waals surface area contributed by atoms with Crippen LogP contribution in [0, 0.1) is 0 Å². The van der Waals surface area contributed by atoms with E-state index in [2.05, 4.69) is 20.9 Å². The van der Waals surface area contributed by atoms with Gasteiger partial charge in [-0.3, -0.25) is 0 Å². The molecule has 0 atom stereocenters. The Morgan fingerprint density at radius 3 is 1.17 bits per heavy atom. The average Bonchev–Trinajstić information content (AvgIpc) is 2.53. The third kappa shape index (κ3) is 17.0. The number of nitrogens with zero attached hydrogens (tertiary/aromatic N) is 1. The van der Waals surface area contributed by atoms with Crippen molar-refractivity contribution in [1.29, 1.82) is 0 Å². The molecule has 0 aliphatic rings. The second kappa shape index (κ2) is 18.7. The van der Waals surface area contributed by atoms with Crippen LogP contribution in [0.25, 0.3) is 0 Å². The summed E-state index contributed by atoms with van der Waals surface area (Å²) in [6.07, 6.45) is 19.0. The highest BCUT2D eigenvalue weighted by atomic mass is 79.9. The quantitative estimate of drug-likeness (QED) is 0.229. The molecule has 0 unspecified atom stereocenters. The predicted molar refractivity (Wildman–Crippen MR) is 99.0 cm³/mol. The van der Waals surface area contributed by atoms with Gasteiger partial charge in [0.15, 0.2) is 6.73 Å². The van der Waals surface area contributed by atoms with E-state index in [9.17, 15) is 5.11 Å². The van der Waals surface area contributed by atoms with Gasteiger partial charge in [-0.05, 0) is 25.7 Å². The molecule has 0 amide bonds. The Morgan fingerprint density at radius 2 is 0.870 bits per heavy atom. The van der Waals surface area contributed by atoms with Crippen LogP contribution in [0.2, 0.25) is 0 Å². The lowest BCUT2D eigenvalue weighted by Gasteiger charge is -2.32. The van der Waals surface area contributed by atoms with E-state index < -0.39 is 0 Å². The van der Waals surface area contributed by atoms with Crippen molar-refractivity contribution in [3.8, 4) is 0 Å². The molecule has 0 heterocycles. The molecule has 0 bridgehead atoms. The fraction of sp³-hybridized carbons (Fsp3) is 1.00. The summed E-state index contributed by atoms with van der Waals surface area (Å²) < 4.78 is 0.865. The lowest BCUT2D eigenvalue weighted by Crippen LogP contribution is -3.00. The van der Waals surface area contributed by atoms with Gasteiger partial charge >= 0.3 is 0 Å². The minimum absolute atomic E-state index is 0. The maximum absolute atomic E-state index is 9.70. The van der Waals surface area contributed by atoms with Crippen molar-refractivity contribution in [2.45, 2.75) is 104 Å². The molecule has 0 fully saturated rings. The Morgan fingerprint density at radius 1 is 0.565 bits per heavy atom. The van der Waals surface area contributed by atoms with E-state index in [4.69, 9.17) is 0 Å². The molecule has 142 valence electrons. The third-order valence-electron chi connectivity index (χ3n) is 4.94. The molecule has 0 aromatic rings. The van der Waals surface area contributed by atoms with Gasteiger partial charge in [-0.25, -0.2) is 0 Å². The molecule has 0 aliphatic heterocycles. The van der Waals surface area contributed by atoms with E-state index in [-0.39, 0.29) is 17.0 Å². The molecule has 0 spiro atoms. The van der Waals surface area contributed by atoms with Crippen LogP contribution in [-0.2, 0) is 0 Å². The summed E-state index contributed by atoms with van der Waals surface area (Å²) in [5.41, 5.74) is 0. The fourth-order valence-electron chi connectivity index (χ4n) is 3.15. The molecule has 0 saturated carbocycles. The smallest absolute Gasteiger partial charge is 0.180 e. The minimum Gasteiger partial charge on any atom is -1.00 e. The highest BCUT2D eigenvalue weighted by Crippen LogP contribution is 2.13. The van der Waals surface area contributed by atoms with Gasteiger partial charge in [-0.1, -0.05) is 78.1 Å². The molecule has 23 heavy (non-hydrogen) atoms. The number of aliphatic hydroxyl groups is 1. The molecule has 1 N–H and O–H groups in total. The molecule has 3 heteroatoms. The highest BCUT2D eigenvalue weighted by molar-refractivity contribution is 4.48. The van der Waals surface area contributed by atoms with Crippen LogP contribution in [0.15, 0.2) is 0 Å². The Balaban J connectivity index is 0. The van der Waals surface area contributed by atoms with Gasteiger partial charge in [0.1, 0.15) is 0 Å². The molecular weight excluding hydrogens is 350 g/mol. The predicted octanol–water partition coefficient (Wildman–Crippen LogP) is 2.89. The van der Waals surface area contributed by atoms with E-state index in [1.165, 1.54) is 89.9 Å². The summed E-state index contributed by atoms with van der Waals surface area (Å²) in [5, 5.41) is 9.70. The second-order valence-electron chi connectivity index (χ2n) is 7.45. The zero-order chi connectivity index (χ0) is 16.5. The molecular formula is C20H44BrNO. The summed E-state index contributed by atoms with van der Waals surface area (Å²) in [6.45, 7) is 7.16. The number of halogens is 1. The maximum atomic E-state index is 9.70. The molecule has 2 nitrogen and oxygen atoms in total. The van der Waals surface area contributed by atoms with Gasteiger partial charge < -0.3 is 26.6 Å². The SMILES string of the molecule is CCCCCCCCC[N+](C)(CO)CCCCCCCCC.[Br-]. The Kier molecular flexibility index (Phi) is 20.9. The number of hydrogen-bond donors (Lipinski definition) is 1. The first-order valence-electron chi connectivity index (χ1n) is 10.1. The number of aliphatic hydroxyl groups excluding tert-OH is 1. The number of unbranched alkanes of at least 4 members (excludes halogenated alkanes) is 12. The van der Waals surface area contributed by atoms with Gasteiger partial charge in [0, 0.05) is 0 Å². The standard InChI is InChI=1S/C20H44NO.BrH/c1-4-6-8-10-12-14-16-18-21(3,20-22)19-17-15-13-11-9-7-5-2;/h22H,4-20H2,1-3H3;1H/q+1;/p-1. The molecule has 0 aromatic heterocycles. The molecule has 0 saturated heterocycles. The van der Waals surface area contributed by atoms with Gasteiger partial charge in [-0.2, -0.15) is 0 Å². The van der Waals surface area contributed by atoms with Crippen LogP contribution in [-0.4, -0.2) is 36.5 Å². The van der Waals surface area contributed by atoms with Crippen LogP contribution >= 0.6 is 0 Å². The summed E-state index contributed by atoms with van der Waals surface area (Å²) in [7, 11) is 2.23. The first kappa shape index (κ1) is 25.6. The monoisotopic (exact) mass is 393 g/mol. The van der Waals surface area contributed by atoms with Crippen molar-refractivity contribution >= 4 is 0 Å². The van der Waals surface area contributed by atoms with Crippen molar-refractivity contribution < 1.29 is 26.6 Å². The average molecular weight is 394 g/mol. The summed E-state index contributed by atoms with van der Waals surface area (Å²) in [4.78, 5) is 0. The van der Waals surface area contributed by atoms with E-state index in [1.807, 2.05) is 0 Å². The number of quaternary nitrogens is 1. The van der Waals surface area contributed by atoms with Crippen LogP contribution in [0.5, 0.6) is 0 Å². The molecule has 0 radical (unpaired) electrons. The summed E-state index contributed by atoms with van der Waals surface area (Å²) in [5.74, 6) is 0. The highest BCUT2D eigenvalue weighted by Gasteiger charge is 2.18. The fourth-order valence-corrected chi connectivity index (χ4v) is 3.15. The van der Waals surface area contributed by atoms with Crippen molar-refractivity contribution in [2.24, 2.45) is 0 Å². The van der Waals surface area contributed by atoms with Crippen molar-refractivity contribution in [2.75, 3.05) is 26.9 Å². The minimum atomic E-state index is 0. The van der Waals surface area contributed by atoms with Crippen LogP contribution in [0.1, 0.15) is 104 Å². The van der Waals surface area contributed by atoms with Gasteiger partial charge in [0.05, 0.1) is 20.1 Å². The first-order valence-corrected chi connectivity index (χ1v) is 10.1. The van der Waals surface area contributed by atoms with Crippen LogP contribution in [0.3, 0.4) is 0 Å². The lowest BCUT2D eigenvalue weighted by atomic mass is 10.1. The second-order valence-corrected chi connectivity index (χ2v) is 7.45. The number of hydrogen-bond acceptors (Lipinski definition) is 1. The van der Waals surface area contributed by atoms with E-state index in [1.54, 1.807) is 0 Å². The summed E-state index contributed by atoms with van der Waals surface area (Å²) >= 11 is 0. The van der Waals surface area contributed by atoms with Crippen LogP contribution < -0.4 is 17.0 Å². The zero-order valence-electron chi connectivity index (χ0n) is 16.3. The molecule has 0 aliphatic carbocycles. The third-order valence-corrected chi connectivity index (χ3v) is 4.94. The first-order chi connectivity index (χ1) is 10.7. The van der Waals surface area contributed by atoms with E-state index in [0.717, 1.165) is 17.6 Å². The van der Waals surface area contributed by atoms with Gasteiger partial charge in [0.2, 0.25) is 0 Å². The van der Waals surface area contributed by atoms with E-state index >= 15 is 0 Å².